The van der Waals surface area contributed by atoms with Crippen LogP contribution >= 0.6 is 0 Å². The summed E-state index contributed by atoms with van der Waals surface area (Å²) in [6.07, 6.45) is 0.923. The van der Waals surface area contributed by atoms with Crippen molar-refractivity contribution in [3.63, 3.8) is 0 Å². The first-order valence-corrected chi connectivity index (χ1v) is 9.58. The average Bonchev–Trinajstić information content (AvgIpc) is 3.29. The van der Waals surface area contributed by atoms with Crippen LogP contribution in [0.5, 0.6) is 0 Å². The number of hydrazine groups is 1. The smallest absolute Gasteiger partial charge is 0.236 e. The highest BCUT2D eigenvalue weighted by molar-refractivity contribution is 5.81. The number of benzene rings is 1. The molecule has 3 unspecified atom stereocenters. The second kappa shape index (κ2) is 6.57. The maximum atomic E-state index is 11.8. The number of hydrogen-bond donors (Lipinski definition) is 3. The highest BCUT2D eigenvalue weighted by atomic mass is 16.1. The van der Waals surface area contributed by atoms with E-state index < -0.39 is 0 Å². The van der Waals surface area contributed by atoms with Gasteiger partial charge in [0.15, 0.2) is 5.65 Å². The third-order valence-corrected chi connectivity index (χ3v) is 5.74. The Kier molecular flexibility index (Phi) is 4.03. The van der Waals surface area contributed by atoms with E-state index in [0.29, 0.717) is 0 Å². The maximum absolute atomic E-state index is 11.8. The minimum absolute atomic E-state index is 0.117. The van der Waals surface area contributed by atoms with Crippen LogP contribution in [0.4, 0.5) is 5.82 Å². The Morgan fingerprint density at radius 1 is 1.21 bits per heavy atom. The van der Waals surface area contributed by atoms with Crippen LogP contribution < -0.4 is 21.5 Å². The molecule has 5 rings (SSSR count). The van der Waals surface area contributed by atoms with Crippen molar-refractivity contribution in [3.05, 3.63) is 48.2 Å². The minimum atomic E-state index is -0.363. The molecule has 2 aliphatic heterocycles. The topological polar surface area (TPSA) is 101 Å². The van der Waals surface area contributed by atoms with Gasteiger partial charge in [0, 0.05) is 42.7 Å². The number of fused-ring (bicyclic) bond motifs is 2. The van der Waals surface area contributed by atoms with E-state index in [9.17, 15) is 4.79 Å². The highest BCUT2D eigenvalue weighted by Crippen LogP contribution is 2.30. The number of piperidine rings is 1. The third kappa shape index (κ3) is 2.81. The number of amides is 1. The Bertz CT molecular complexity index is 1030. The summed E-state index contributed by atoms with van der Waals surface area (Å²) in [6, 6.07) is 14.1. The molecule has 4 N–H and O–H groups in total. The lowest BCUT2D eigenvalue weighted by molar-refractivity contribution is -0.120. The number of primary amides is 1. The van der Waals surface area contributed by atoms with Crippen molar-refractivity contribution < 1.29 is 4.79 Å². The second-order valence-corrected chi connectivity index (χ2v) is 7.60. The first-order chi connectivity index (χ1) is 13.6. The first kappa shape index (κ1) is 17.2. The van der Waals surface area contributed by atoms with Crippen LogP contribution in [0, 0.1) is 12.8 Å². The number of rotatable bonds is 3. The van der Waals surface area contributed by atoms with E-state index in [1.54, 1.807) is 0 Å². The molecule has 0 spiro atoms. The number of aryl methyl sites for hydroxylation is 1. The van der Waals surface area contributed by atoms with E-state index in [1.807, 2.05) is 35.7 Å². The molecule has 1 aromatic carbocycles. The van der Waals surface area contributed by atoms with Gasteiger partial charge in [-0.1, -0.05) is 30.3 Å². The number of carbonyl (C=O) groups excluding carboxylic acids is 1. The van der Waals surface area contributed by atoms with Gasteiger partial charge >= 0.3 is 0 Å². The molecule has 4 heterocycles. The lowest BCUT2D eigenvalue weighted by Crippen LogP contribution is -2.49. The minimum Gasteiger partial charge on any atom is -0.368 e. The quantitative estimate of drug-likeness (QED) is 0.626. The average molecular weight is 377 g/mol. The molecule has 28 heavy (non-hydrogen) atoms. The van der Waals surface area contributed by atoms with Gasteiger partial charge in [-0.2, -0.15) is 9.61 Å². The molecule has 0 aliphatic carbocycles. The summed E-state index contributed by atoms with van der Waals surface area (Å²) in [7, 11) is 0. The molecule has 2 aliphatic rings. The predicted octanol–water partition coefficient (Wildman–Crippen LogP) is 0.861. The summed E-state index contributed by atoms with van der Waals surface area (Å²) < 4.78 is 1.90. The van der Waals surface area contributed by atoms with Gasteiger partial charge in [0.05, 0.1) is 11.4 Å². The number of anilines is 1. The van der Waals surface area contributed by atoms with Crippen molar-refractivity contribution in [1.82, 2.24) is 25.4 Å². The van der Waals surface area contributed by atoms with Crippen LogP contribution in [0.25, 0.3) is 16.9 Å². The number of nitrogens with two attached hydrogens (primary N) is 1. The van der Waals surface area contributed by atoms with Crippen molar-refractivity contribution in [1.29, 1.82) is 0 Å². The van der Waals surface area contributed by atoms with E-state index in [0.717, 1.165) is 47.9 Å². The number of hydrogen-bond acceptors (Lipinski definition) is 6. The van der Waals surface area contributed by atoms with E-state index in [1.165, 1.54) is 0 Å². The lowest BCUT2D eigenvalue weighted by atomic mass is 9.88. The molecule has 2 saturated heterocycles. The standard InChI is InChI=1S/C20H23N7O/c1-12-9-17-22-16(13-5-3-2-4-6-13)10-18(27(17)25-12)26-8-7-15-14(11-26)19(20(21)28)24-23-15/h2-6,9-10,14-15,19,23-24H,7-8,11H2,1H3,(H2,21,28). The lowest BCUT2D eigenvalue weighted by Gasteiger charge is -2.36. The summed E-state index contributed by atoms with van der Waals surface area (Å²) in [5.74, 6) is 0.790. The van der Waals surface area contributed by atoms with E-state index in [-0.39, 0.29) is 23.9 Å². The first-order valence-electron chi connectivity index (χ1n) is 9.58. The number of aromatic nitrogens is 3. The summed E-state index contributed by atoms with van der Waals surface area (Å²) in [5, 5.41) is 4.65. The number of nitrogens with one attached hydrogen (secondary N) is 2. The molecule has 8 nitrogen and oxygen atoms in total. The number of carbonyl (C=O) groups is 1. The molecule has 3 atom stereocenters. The molecule has 8 heteroatoms. The fourth-order valence-electron chi connectivity index (χ4n) is 4.35. The van der Waals surface area contributed by atoms with E-state index >= 15 is 0 Å². The van der Waals surface area contributed by atoms with Crippen LogP contribution in [0.15, 0.2) is 42.5 Å². The maximum Gasteiger partial charge on any atom is 0.236 e. The Balaban J connectivity index is 1.57. The zero-order valence-electron chi connectivity index (χ0n) is 15.7. The van der Waals surface area contributed by atoms with Gasteiger partial charge in [-0.3, -0.25) is 10.2 Å². The summed E-state index contributed by atoms with van der Waals surface area (Å²) >= 11 is 0. The van der Waals surface area contributed by atoms with Crippen LogP contribution in [0.3, 0.4) is 0 Å². The largest absolute Gasteiger partial charge is 0.368 e. The van der Waals surface area contributed by atoms with Crippen LogP contribution in [-0.4, -0.2) is 45.7 Å². The van der Waals surface area contributed by atoms with Crippen LogP contribution in [-0.2, 0) is 4.79 Å². The molecule has 0 saturated carbocycles. The van der Waals surface area contributed by atoms with Crippen molar-refractivity contribution in [3.8, 4) is 11.3 Å². The van der Waals surface area contributed by atoms with Gasteiger partial charge in [0.1, 0.15) is 11.9 Å². The predicted molar refractivity (Wildman–Crippen MR) is 107 cm³/mol. The van der Waals surface area contributed by atoms with Crippen molar-refractivity contribution >= 4 is 17.4 Å². The molecule has 0 bridgehead atoms. The molecular weight excluding hydrogens is 354 g/mol. The molecule has 2 aromatic heterocycles. The summed E-state index contributed by atoms with van der Waals surface area (Å²) in [4.78, 5) is 18.9. The molecule has 0 radical (unpaired) electrons. The second-order valence-electron chi connectivity index (χ2n) is 7.60. The molecule has 1 amide bonds. The summed E-state index contributed by atoms with van der Waals surface area (Å²) in [5.41, 5.74) is 15.6. The van der Waals surface area contributed by atoms with E-state index in [4.69, 9.17) is 10.7 Å². The normalized spacial score (nSPS) is 24.5. The van der Waals surface area contributed by atoms with Gasteiger partial charge in [0.2, 0.25) is 5.91 Å². The van der Waals surface area contributed by atoms with Crippen molar-refractivity contribution in [2.45, 2.75) is 25.4 Å². The molecular formula is C20H23N7O. The number of nitrogens with zero attached hydrogens (tertiary/aromatic N) is 4. The molecule has 2 fully saturated rings. The van der Waals surface area contributed by atoms with Crippen molar-refractivity contribution in [2.24, 2.45) is 11.7 Å². The third-order valence-electron chi connectivity index (χ3n) is 5.74. The Hall–Kier alpha value is -2.97. The summed E-state index contributed by atoms with van der Waals surface area (Å²) in [6.45, 7) is 3.57. The molecule has 144 valence electrons. The van der Waals surface area contributed by atoms with Gasteiger partial charge in [-0.25, -0.2) is 10.4 Å². The Morgan fingerprint density at radius 3 is 2.82 bits per heavy atom. The SMILES string of the molecule is Cc1cc2nc(-c3ccccc3)cc(N3CCC4NNC(C(N)=O)C4C3)n2n1. The van der Waals surface area contributed by atoms with Gasteiger partial charge in [-0.05, 0) is 13.3 Å². The van der Waals surface area contributed by atoms with E-state index in [2.05, 4.69) is 39.0 Å². The van der Waals surface area contributed by atoms with Gasteiger partial charge in [-0.15, -0.1) is 0 Å². The van der Waals surface area contributed by atoms with Gasteiger partial charge < -0.3 is 10.6 Å². The zero-order chi connectivity index (χ0) is 19.3. The van der Waals surface area contributed by atoms with Crippen LogP contribution in [0.2, 0.25) is 0 Å². The fourth-order valence-corrected chi connectivity index (χ4v) is 4.35. The van der Waals surface area contributed by atoms with Gasteiger partial charge in [0.25, 0.3) is 0 Å². The van der Waals surface area contributed by atoms with Crippen molar-refractivity contribution in [2.75, 3.05) is 18.0 Å². The highest BCUT2D eigenvalue weighted by Gasteiger charge is 2.42. The monoisotopic (exact) mass is 377 g/mol. The Labute approximate surface area is 162 Å². The fraction of sp³-hybridized carbons (Fsp3) is 0.350. The van der Waals surface area contributed by atoms with Crippen LogP contribution in [0.1, 0.15) is 12.1 Å². The molecule has 3 aromatic rings. The Morgan fingerprint density at radius 2 is 2.04 bits per heavy atom. The zero-order valence-corrected chi connectivity index (χ0v) is 15.7.